The number of hydrogen-bond acceptors (Lipinski definition) is 3. The molecule has 1 aromatic rings. The van der Waals surface area contributed by atoms with Gasteiger partial charge >= 0.3 is 6.61 Å². The first kappa shape index (κ1) is 18.6. The Hall–Kier alpha value is -1.69. The Bertz CT molecular complexity index is 504. The molecule has 0 bridgehead atoms. The second kappa shape index (κ2) is 10.2. The van der Waals surface area contributed by atoms with E-state index in [1.54, 1.807) is 18.2 Å². The van der Waals surface area contributed by atoms with Crippen molar-refractivity contribution in [1.82, 2.24) is 10.6 Å². The SMILES string of the molecule is O=C(Cc1ccccc1OC(F)F)NCCNC1CCCCCC1. The molecule has 1 aliphatic carbocycles. The zero-order valence-electron chi connectivity index (χ0n) is 13.9. The number of hydrogen-bond donors (Lipinski definition) is 2. The Morgan fingerprint density at radius 3 is 2.54 bits per heavy atom. The maximum Gasteiger partial charge on any atom is 0.387 e. The van der Waals surface area contributed by atoms with Crippen LogP contribution in [0.5, 0.6) is 5.75 Å². The van der Waals surface area contributed by atoms with Gasteiger partial charge in [-0.25, -0.2) is 0 Å². The summed E-state index contributed by atoms with van der Waals surface area (Å²) in [6, 6.07) is 6.93. The van der Waals surface area contributed by atoms with Crippen molar-refractivity contribution in [1.29, 1.82) is 0 Å². The smallest absolute Gasteiger partial charge is 0.387 e. The van der Waals surface area contributed by atoms with E-state index >= 15 is 0 Å². The molecular formula is C18H26F2N2O2. The number of para-hydroxylation sites is 1. The molecule has 134 valence electrons. The van der Waals surface area contributed by atoms with Crippen LogP contribution in [0.2, 0.25) is 0 Å². The lowest BCUT2D eigenvalue weighted by atomic mass is 10.1. The van der Waals surface area contributed by atoms with E-state index in [-0.39, 0.29) is 18.1 Å². The van der Waals surface area contributed by atoms with E-state index in [0.717, 1.165) is 6.54 Å². The van der Waals surface area contributed by atoms with Gasteiger partial charge in [0.2, 0.25) is 5.91 Å². The number of alkyl halides is 2. The second-order valence-corrected chi connectivity index (χ2v) is 6.16. The molecule has 6 heteroatoms. The van der Waals surface area contributed by atoms with E-state index in [9.17, 15) is 13.6 Å². The summed E-state index contributed by atoms with van der Waals surface area (Å²) >= 11 is 0. The maximum atomic E-state index is 12.4. The molecule has 0 unspecified atom stereocenters. The van der Waals surface area contributed by atoms with E-state index in [1.165, 1.54) is 44.6 Å². The summed E-state index contributed by atoms with van der Waals surface area (Å²) in [6.45, 7) is -1.63. The standard InChI is InChI=1S/C18H26F2N2O2/c19-18(20)24-16-10-6-5-7-14(16)13-17(23)22-12-11-21-15-8-3-1-2-4-9-15/h5-7,10,15,18,21H,1-4,8-9,11-13H2,(H,22,23). The average molecular weight is 340 g/mol. The number of amides is 1. The molecule has 0 spiro atoms. The van der Waals surface area contributed by atoms with Crippen LogP contribution < -0.4 is 15.4 Å². The van der Waals surface area contributed by atoms with E-state index in [0.29, 0.717) is 18.2 Å². The first-order valence-electron chi connectivity index (χ1n) is 8.68. The molecule has 1 fully saturated rings. The van der Waals surface area contributed by atoms with Gasteiger partial charge in [-0.1, -0.05) is 43.9 Å². The first-order valence-corrected chi connectivity index (χ1v) is 8.68. The molecule has 4 nitrogen and oxygen atoms in total. The topological polar surface area (TPSA) is 50.4 Å². The van der Waals surface area contributed by atoms with Crippen LogP contribution in [0.1, 0.15) is 44.1 Å². The fourth-order valence-corrected chi connectivity index (χ4v) is 3.06. The second-order valence-electron chi connectivity index (χ2n) is 6.16. The fourth-order valence-electron chi connectivity index (χ4n) is 3.06. The van der Waals surface area contributed by atoms with Crippen molar-refractivity contribution in [2.24, 2.45) is 0 Å². The number of carbonyl (C=O) groups excluding carboxylic acids is 1. The van der Waals surface area contributed by atoms with Crippen LogP contribution in [0.15, 0.2) is 24.3 Å². The molecule has 0 aliphatic heterocycles. The third-order valence-corrected chi connectivity index (χ3v) is 4.28. The summed E-state index contributed by atoms with van der Waals surface area (Å²) in [4.78, 5) is 12.0. The van der Waals surface area contributed by atoms with E-state index in [1.807, 2.05) is 0 Å². The van der Waals surface area contributed by atoms with Gasteiger partial charge in [-0.2, -0.15) is 8.78 Å². The van der Waals surface area contributed by atoms with E-state index < -0.39 is 6.61 Å². The molecular weight excluding hydrogens is 314 g/mol. The predicted molar refractivity (Wildman–Crippen MR) is 89.3 cm³/mol. The maximum absolute atomic E-state index is 12.4. The molecule has 0 atom stereocenters. The number of rotatable bonds is 8. The molecule has 0 radical (unpaired) electrons. The van der Waals surface area contributed by atoms with Crippen molar-refractivity contribution >= 4 is 5.91 Å². The van der Waals surface area contributed by atoms with Gasteiger partial charge in [0, 0.05) is 24.7 Å². The third-order valence-electron chi connectivity index (χ3n) is 4.28. The normalized spacial score (nSPS) is 16.0. The summed E-state index contributed by atoms with van der Waals surface area (Å²) in [5.74, 6) is -0.137. The third kappa shape index (κ3) is 6.83. The highest BCUT2D eigenvalue weighted by Crippen LogP contribution is 2.20. The van der Waals surface area contributed by atoms with E-state index in [4.69, 9.17) is 0 Å². The summed E-state index contributed by atoms with van der Waals surface area (Å²) < 4.78 is 29.2. The number of halogens is 2. The number of nitrogens with one attached hydrogen (secondary N) is 2. The molecule has 2 N–H and O–H groups in total. The fraction of sp³-hybridized carbons (Fsp3) is 0.611. The summed E-state index contributed by atoms with van der Waals surface area (Å²) in [5, 5.41) is 6.30. The van der Waals surface area contributed by atoms with Gasteiger partial charge in [0.1, 0.15) is 5.75 Å². The largest absolute Gasteiger partial charge is 0.435 e. The minimum atomic E-state index is -2.89. The predicted octanol–water partition coefficient (Wildman–Crippen LogP) is 3.26. The van der Waals surface area contributed by atoms with Gasteiger partial charge < -0.3 is 15.4 Å². The van der Waals surface area contributed by atoms with Crippen LogP contribution in [-0.2, 0) is 11.2 Å². The Morgan fingerprint density at radius 2 is 1.83 bits per heavy atom. The average Bonchev–Trinajstić information content (AvgIpc) is 2.82. The summed E-state index contributed by atoms with van der Waals surface area (Å²) in [6.07, 6.45) is 7.60. The lowest BCUT2D eigenvalue weighted by Gasteiger charge is -2.16. The van der Waals surface area contributed by atoms with Gasteiger partial charge in [-0.3, -0.25) is 4.79 Å². The molecule has 1 aromatic carbocycles. The minimum Gasteiger partial charge on any atom is -0.435 e. The van der Waals surface area contributed by atoms with Gasteiger partial charge in [0.15, 0.2) is 0 Å². The Morgan fingerprint density at radius 1 is 1.12 bits per heavy atom. The van der Waals surface area contributed by atoms with Crippen LogP contribution in [0.4, 0.5) is 8.78 Å². The van der Waals surface area contributed by atoms with Crippen molar-refractivity contribution in [3.63, 3.8) is 0 Å². The number of ether oxygens (including phenoxy) is 1. The molecule has 0 aromatic heterocycles. The van der Waals surface area contributed by atoms with Gasteiger partial charge in [0.25, 0.3) is 0 Å². The van der Waals surface area contributed by atoms with E-state index in [2.05, 4.69) is 15.4 Å². The van der Waals surface area contributed by atoms with Gasteiger partial charge in [-0.15, -0.1) is 0 Å². The highest BCUT2D eigenvalue weighted by atomic mass is 19.3. The molecule has 24 heavy (non-hydrogen) atoms. The van der Waals surface area contributed by atoms with Crippen molar-refractivity contribution in [3.8, 4) is 5.75 Å². The van der Waals surface area contributed by atoms with Crippen LogP contribution in [0.25, 0.3) is 0 Å². The molecule has 1 aliphatic rings. The molecule has 1 amide bonds. The summed E-state index contributed by atoms with van der Waals surface area (Å²) in [7, 11) is 0. The monoisotopic (exact) mass is 340 g/mol. The zero-order valence-corrected chi connectivity index (χ0v) is 13.9. The Labute approximate surface area is 142 Å². The molecule has 1 saturated carbocycles. The number of carbonyl (C=O) groups is 1. The molecule has 0 saturated heterocycles. The van der Waals surface area contributed by atoms with Crippen LogP contribution in [-0.4, -0.2) is 31.7 Å². The van der Waals surface area contributed by atoms with Crippen molar-refractivity contribution in [3.05, 3.63) is 29.8 Å². The van der Waals surface area contributed by atoms with Gasteiger partial charge in [0.05, 0.1) is 6.42 Å². The molecule has 2 rings (SSSR count). The highest BCUT2D eigenvalue weighted by Gasteiger charge is 2.13. The highest BCUT2D eigenvalue weighted by molar-refractivity contribution is 5.79. The van der Waals surface area contributed by atoms with Gasteiger partial charge in [-0.05, 0) is 18.9 Å². The Balaban J connectivity index is 1.69. The minimum absolute atomic E-state index is 0.0340. The Kier molecular flexibility index (Phi) is 7.95. The van der Waals surface area contributed by atoms with Crippen LogP contribution in [0.3, 0.4) is 0 Å². The molecule has 0 heterocycles. The van der Waals surface area contributed by atoms with Crippen molar-refractivity contribution in [2.75, 3.05) is 13.1 Å². The van der Waals surface area contributed by atoms with Crippen LogP contribution >= 0.6 is 0 Å². The quantitative estimate of drug-likeness (QED) is 0.564. The van der Waals surface area contributed by atoms with Crippen molar-refractivity contribution < 1.29 is 18.3 Å². The lowest BCUT2D eigenvalue weighted by molar-refractivity contribution is -0.120. The zero-order chi connectivity index (χ0) is 17.2. The van der Waals surface area contributed by atoms with Crippen molar-refractivity contribution in [2.45, 2.75) is 57.6 Å². The number of benzene rings is 1. The lowest BCUT2D eigenvalue weighted by Crippen LogP contribution is -2.37. The summed E-state index contributed by atoms with van der Waals surface area (Å²) in [5.41, 5.74) is 0.465. The van der Waals surface area contributed by atoms with Crippen LogP contribution in [0, 0.1) is 0 Å². The first-order chi connectivity index (χ1) is 11.6.